The summed E-state index contributed by atoms with van der Waals surface area (Å²) >= 11 is 3.28. The van der Waals surface area contributed by atoms with Gasteiger partial charge in [0.15, 0.2) is 5.96 Å². The summed E-state index contributed by atoms with van der Waals surface area (Å²) in [6.07, 6.45) is 0. The summed E-state index contributed by atoms with van der Waals surface area (Å²) in [7, 11) is 0. The Balaban J connectivity index is 2.09. The summed E-state index contributed by atoms with van der Waals surface area (Å²) in [6.45, 7) is -2.77. The maximum Gasteiger partial charge on any atom is 0.387 e. The largest absolute Gasteiger partial charge is 0.434 e. The van der Waals surface area contributed by atoms with E-state index in [2.05, 4.69) is 31.0 Å². The normalized spacial score (nSPS) is 11.5. The van der Waals surface area contributed by atoms with Gasteiger partial charge >= 0.3 is 6.61 Å². The van der Waals surface area contributed by atoms with Crippen molar-refractivity contribution in [3.05, 3.63) is 58.6 Å². The fraction of sp³-hybridized carbons (Fsp3) is 0.133. The van der Waals surface area contributed by atoms with Crippen LogP contribution in [0.3, 0.4) is 0 Å². The Morgan fingerprint density at radius 3 is 2.64 bits per heavy atom. The van der Waals surface area contributed by atoms with E-state index in [0.29, 0.717) is 5.56 Å². The molecule has 2 aromatic rings. The Morgan fingerprint density at radius 2 is 1.95 bits per heavy atom. The molecule has 0 fully saturated rings. The van der Waals surface area contributed by atoms with E-state index in [1.807, 2.05) is 30.3 Å². The number of hydrogen-bond donors (Lipinski definition) is 2. The number of guanidine groups is 1. The smallest absolute Gasteiger partial charge is 0.387 e. The number of alkyl halides is 2. The van der Waals surface area contributed by atoms with Crippen molar-refractivity contribution < 1.29 is 13.5 Å². The molecule has 7 heteroatoms. The Morgan fingerprint density at radius 1 is 1.23 bits per heavy atom. The number of aliphatic imine (C=N–C) groups is 1. The Hall–Kier alpha value is -2.15. The number of hydrogen-bond acceptors (Lipinski definition) is 2. The zero-order chi connectivity index (χ0) is 15.9. The van der Waals surface area contributed by atoms with Crippen LogP contribution in [0.15, 0.2) is 58.0 Å². The number of nitrogens with zero attached hydrogens (tertiary/aromatic N) is 1. The molecule has 0 aliphatic rings. The average Bonchev–Trinajstić information content (AvgIpc) is 2.48. The van der Waals surface area contributed by atoms with Crippen molar-refractivity contribution in [2.24, 2.45) is 10.7 Å². The minimum atomic E-state index is -2.89. The molecule has 0 bridgehead atoms. The number of nitrogens with two attached hydrogens (primary N) is 1. The second-order valence-electron chi connectivity index (χ2n) is 4.32. The third kappa shape index (κ3) is 5.00. The first kappa shape index (κ1) is 16.2. The van der Waals surface area contributed by atoms with Gasteiger partial charge in [0.1, 0.15) is 5.75 Å². The summed E-state index contributed by atoms with van der Waals surface area (Å²) in [5, 5.41) is 2.91. The van der Waals surface area contributed by atoms with Gasteiger partial charge in [-0.05, 0) is 30.3 Å². The van der Waals surface area contributed by atoms with Crippen LogP contribution < -0.4 is 15.8 Å². The second-order valence-corrected chi connectivity index (χ2v) is 5.24. The van der Waals surface area contributed by atoms with E-state index in [1.54, 1.807) is 12.1 Å². The maximum atomic E-state index is 12.4. The molecule has 0 saturated carbocycles. The van der Waals surface area contributed by atoms with Gasteiger partial charge in [0.2, 0.25) is 0 Å². The Kier molecular flexibility index (Phi) is 5.71. The molecule has 3 N–H and O–H groups in total. The van der Waals surface area contributed by atoms with Crippen LogP contribution in [0.2, 0.25) is 0 Å². The van der Waals surface area contributed by atoms with Crippen molar-refractivity contribution in [1.82, 2.24) is 0 Å². The van der Waals surface area contributed by atoms with Crippen LogP contribution in [-0.4, -0.2) is 12.6 Å². The monoisotopic (exact) mass is 369 g/mol. The second kappa shape index (κ2) is 7.74. The topological polar surface area (TPSA) is 59.6 Å². The molecule has 0 saturated heterocycles. The standard InChI is InChI=1S/C15H14BrF2N3O/c16-11-6-7-13(22-14(17)18)10(8-11)9-20-15(19)21-12-4-2-1-3-5-12/h1-8,14H,9H2,(H3,19,20,21). The van der Waals surface area contributed by atoms with Gasteiger partial charge in [-0.15, -0.1) is 0 Å². The molecule has 2 rings (SSSR count). The number of ether oxygens (including phenoxy) is 1. The molecule has 0 unspecified atom stereocenters. The molecule has 22 heavy (non-hydrogen) atoms. The minimum absolute atomic E-state index is 0.0782. The zero-order valence-corrected chi connectivity index (χ0v) is 13.1. The molecule has 0 spiro atoms. The van der Waals surface area contributed by atoms with Gasteiger partial charge in [-0.2, -0.15) is 8.78 Å². The number of halogens is 3. The molecule has 4 nitrogen and oxygen atoms in total. The van der Waals surface area contributed by atoms with E-state index >= 15 is 0 Å². The zero-order valence-electron chi connectivity index (χ0n) is 11.5. The van der Waals surface area contributed by atoms with Crippen LogP contribution >= 0.6 is 15.9 Å². The van der Waals surface area contributed by atoms with Gasteiger partial charge in [-0.25, -0.2) is 4.99 Å². The first-order chi connectivity index (χ1) is 10.5. The Labute approximate surface area is 135 Å². The molecular formula is C15H14BrF2N3O. The highest BCUT2D eigenvalue weighted by Gasteiger charge is 2.10. The van der Waals surface area contributed by atoms with Crippen molar-refractivity contribution in [2.75, 3.05) is 5.32 Å². The fourth-order valence-corrected chi connectivity index (χ4v) is 2.17. The van der Waals surface area contributed by atoms with E-state index < -0.39 is 6.61 Å². The third-order valence-corrected chi connectivity index (χ3v) is 3.20. The maximum absolute atomic E-state index is 12.4. The van der Waals surface area contributed by atoms with Crippen LogP contribution in [0, 0.1) is 0 Å². The quantitative estimate of drug-likeness (QED) is 0.618. The molecule has 116 valence electrons. The summed E-state index contributed by atoms with van der Waals surface area (Å²) in [4.78, 5) is 4.14. The molecule has 0 aliphatic carbocycles. The van der Waals surface area contributed by atoms with Gasteiger partial charge in [0.25, 0.3) is 0 Å². The average molecular weight is 370 g/mol. The SMILES string of the molecule is NC(=NCc1cc(Br)ccc1OC(F)F)Nc1ccccc1. The van der Waals surface area contributed by atoms with Crippen molar-refractivity contribution in [3.63, 3.8) is 0 Å². The summed E-state index contributed by atoms with van der Waals surface area (Å²) in [5.41, 5.74) is 7.08. The predicted molar refractivity (Wildman–Crippen MR) is 86.2 cm³/mol. The van der Waals surface area contributed by atoms with Gasteiger partial charge < -0.3 is 15.8 Å². The summed E-state index contributed by atoms with van der Waals surface area (Å²) in [5.74, 6) is 0.267. The highest BCUT2D eigenvalue weighted by molar-refractivity contribution is 9.10. The lowest BCUT2D eigenvalue weighted by atomic mass is 10.2. The first-order valence-corrected chi connectivity index (χ1v) is 7.19. The van der Waals surface area contributed by atoms with Crippen LogP contribution in [-0.2, 0) is 6.54 Å². The molecule has 2 aromatic carbocycles. The molecule has 0 aliphatic heterocycles. The molecular weight excluding hydrogens is 356 g/mol. The van der Waals surface area contributed by atoms with Crippen LogP contribution in [0.5, 0.6) is 5.75 Å². The number of rotatable bonds is 5. The molecule has 0 radical (unpaired) electrons. The minimum Gasteiger partial charge on any atom is -0.434 e. The highest BCUT2D eigenvalue weighted by Crippen LogP contribution is 2.25. The Bertz CT molecular complexity index is 650. The van der Waals surface area contributed by atoms with Gasteiger partial charge in [-0.3, -0.25) is 0 Å². The fourth-order valence-electron chi connectivity index (χ4n) is 1.76. The van der Waals surface area contributed by atoms with Gasteiger partial charge in [-0.1, -0.05) is 34.1 Å². The van der Waals surface area contributed by atoms with Crippen LogP contribution in [0.4, 0.5) is 14.5 Å². The highest BCUT2D eigenvalue weighted by atomic mass is 79.9. The molecule has 0 heterocycles. The lowest BCUT2D eigenvalue weighted by Crippen LogP contribution is -2.22. The van der Waals surface area contributed by atoms with Gasteiger partial charge in [0.05, 0.1) is 6.54 Å². The number of anilines is 1. The molecule has 0 atom stereocenters. The van der Waals surface area contributed by atoms with Crippen molar-refractivity contribution >= 4 is 27.6 Å². The van der Waals surface area contributed by atoms with Gasteiger partial charge in [0, 0.05) is 15.7 Å². The van der Waals surface area contributed by atoms with Crippen LogP contribution in [0.25, 0.3) is 0 Å². The van der Waals surface area contributed by atoms with E-state index in [4.69, 9.17) is 5.73 Å². The summed E-state index contributed by atoms with van der Waals surface area (Å²) in [6, 6.07) is 14.0. The van der Waals surface area contributed by atoms with E-state index in [0.717, 1.165) is 10.2 Å². The molecule has 0 aromatic heterocycles. The van der Waals surface area contributed by atoms with E-state index in [-0.39, 0.29) is 18.3 Å². The number of para-hydroxylation sites is 1. The number of nitrogens with one attached hydrogen (secondary N) is 1. The molecule has 0 amide bonds. The van der Waals surface area contributed by atoms with E-state index in [9.17, 15) is 8.78 Å². The predicted octanol–water partition coefficient (Wildman–Crippen LogP) is 3.98. The van der Waals surface area contributed by atoms with Crippen molar-refractivity contribution in [3.8, 4) is 5.75 Å². The lowest BCUT2D eigenvalue weighted by molar-refractivity contribution is -0.0504. The number of benzene rings is 2. The first-order valence-electron chi connectivity index (χ1n) is 6.40. The van der Waals surface area contributed by atoms with E-state index in [1.165, 1.54) is 6.07 Å². The van der Waals surface area contributed by atoms with Crippen molar-refractivity contribution in [2.45, 2.75) is 13.2 Å². The van der Waals surface area contributed by atoms with Crippen molar-refractivity contribution in [1.29, 1.82) is 0 Å². The lowest BCUT2D eigenvalue weighted by Gasteiger charge is -2.10. The third-order valence-electron chi connectivity index (χ3n) is 2.70. The summed E-state index contributed by atoms with van der Waals surface area (Å²) < 4.78 is 30.0. The van der Waals surface area contributed by atoms with Crippen LogP contribution in [0.1, 0.15) is 5.56 Å².